The van der Waals surface area contributed by atoms with E-state index in [1.54, 1.807) is 6.92 Å². The van der Waals surface area contributed by atoms with Gasteiger partial charge in [-0.3, -0.25) is 0 Å². The van der Waals surface area contributed by atoms with Crippen LogP contribution in [0.2, 0.25) is 0 Å². The summed E-state index contributed by atoms with van der Waals surface area (Å²) in [6.07, 6.45) is -4.32. The van der Waals surface area contributed by atoms with Crippen LogP contribution >= 0.6 is 11.8 Å². The zero-order valence-electron chi connectivity index (χ0n) is 15.1. The van der Waals surface area contributed by atoms with Gasteiger partial charge >= 0.3 is 12.1 Å². The van der Waals surface area contributed by atoms with Gasteiger partial charge in [0.05, 0.1) is 18.4 Å². The molecule has 28 heavy (non-hydrogen) atoms. The summed E-state index contributed by atoms with van der Waals surface area (Å²) in [6, 6.07) is 6.20. The third kappa shape index (κ3) is 6.20. The Morgan fingerprint density at radius 2 is 1.79 bits per heavy atom. The lowest BCUT2D eigenvalue weighted by Crippen LogP contribution is -2.17. The van der Waals surface area contributed by atoms with Crippen molar-refractivity contribution < 1.29 is 31.5 Å². The van der Waals surface area contributed by atoms with Crippen molar-refractivity contribution in [3.8, 4) is 0 Å². The number of benzene rings is 2. The summed E-state index contributed by atoms with van der Waals surface area (Å²) in [6.45, 7) is 1.67. The summed E-state index contributed by atoms with van der Waals surface area (Å²) in [7, 11) is 1.17. The van der Waals surface area contributed by atoms with Crippen molar-refractivity contribution in [1.29, 1.82) is 0 Å². The van der Waals surface area contributed by atoms with Crippen LogP contribution in [-0.4, -0.2) is 25.0 Å². The van der Waals surface area contributed by atoms with Crippen LogP contribution in [0.4, 0.5) is 22.0 Å². The predicted octanol–water partition coefficient (Wildman–Crippen LogP) is 5.00. The first-order chi connectivity index (χ1) is 13.1. The molecule has 0 fully saturated rings. The quantitative estimate of drug-likeness (QED) is 0.389. The molecule has 0 spiro atoms. The Bertz CT molecular complexity index is 855. The second-order valence-corrected chi connectivity index (χ2v) is 7.03. The Labute approximate surface area is 163 Å². The highest BCUT2D eigenvalue weighted by Crippen LogP contribution is 2.31. The number of thioether (sulfide) groups is 1. The minimum Gasteiger partial charge on any atom is -0.465 e. The highest BCUT2D eigenvalue weighted by molar-refractivity contribution is 7.99. The molecule has 0 saturated heterocycles. The van der Waals surface area contributed by atoms with Gasteiger partial charge in [-0.25, -0.2) is 13.6 Å². The van der Waals surface area contributed by atoms with E-state index in [-0.39, 0.29) is 24.2 Å². The topological polar surface area (TPSA) is 38.3 Å². The highest BCUT2D eigenvalue weighted by atomic mass is 32.2. The molecular weight excluding hydrogens is 401 g/mol. The Morgan fingerprint density at radius 1 is 1.11 bits per heavy atom. The summed E-state index contributed by atoms with van der Waals surface area (Å²) in [5, 5.41) is 2.91. The van der Waals surface area contributed by atoms with E-state index in [1.165, 1.54) is 31.4 Å². The van der Waals surface area contributed by atoms with Gasteiger partial charge in [0.2, 0.25) is 0 Å². The van der Waals surface area contributed by atoms with Gasteiger partial charge < -0.3 is 10.1 Å². The van der Waals surface area contributed by atoms with Crippen LogP contribution in [0, 0.1) is 18.6 Å². The van der Waals surface area contributed by atoms with Crippen molar-refractivity contribution in [2.24, 2.45) is 0 Å². The molecule has 2 rings (SSSR count). The third-order valence-corrected chi connectivity index (χ3v) is 5.07. The lowest BCUT2D eigenvalue weighted by Gasteiger charge is -2.13. The number of carbonyl (C=O) groups is 1. The number of rotatable bonds is 7. The molecule has 2 aromatic rings. The molecule has 9 heteroatoms. The maximum absolute atomic E-state index is 14.2. The number of esters is 1. The van der Waals surface area contributed by atoms with Crippen LogP contribution in [0.25, 0.3) is 0 Å². The van der Waals surface area contributed by atoms with Gasteiger partial charge in [-0.1, -0.05) is 6.07 Å². The molecule has 0 unspecified atom stereocenters. The number of nitrogens with one attached hydrogen (secondary N) is 1. The van der Waals surface area contributed by atoms with Crippen LogP contribution in [0.3, 0.4) is 0 Å². The standard InChI is InChI=1S/C19H18F5NO2S/c1-11-5-16(21)13(6-17(11)28-10-19(22,23)24)9-25-8-12-3-4-14(20)7-15(12)18(26)27-2/h3-7,25H,8-10H2,1-2H3. The second-order valence-electron chi connectivity index (χ2n) is 6.01. The predicted molar refractivity (Wildman–Crippen MR) is 96.2 cm³/mol. The van der Waals surface area contributed by atoms with Crippen molar-refractivity contribution in [3.05, 3.63) is 64.2 Å². The van der Waals surface area contributed by atoms with Gasteiger partial charge in [-0.15, -0.1) is 11.8 Å². The zero-order valence-corrected chi connectivity index (χ0v) is 15.9. The SMILES string of the molecule is COC(=O)c1cc(F)ccc1CNCc1cc(SCC(F)(F)F)c(C)cc1F. The van der Waals surface area contributed by atoms with Gasteiger partial charge in [0, 0.05) is 23.5 Å². The van der Waals surface area contributed by atoms with Gasteiger partial charge in [-0.2, -0.15) is 13.2 Å². The lowest BCUT2D eigenvalue weighted by atomic mass is 10.1. The first-order valence-electron chi connectivity index (χ1n) is 8.16. The largest absolute Gasteiger partial charge is 0.465 e. The number of hydrogen-bond acceptors (Lipinski definition) is 4. The first-order valence-corrected chi connectivity index (χ1v) is 9.15. The molecule has 0 aliphatic carbocycles. The van der Waals surface area contributed by atoms with Crippen LogP contribution in [0.15, 0.2) is 35.2 Å². The van der Waals surface area contributed by atoms with Gasteiger partial charge in [0.15, 0.2) is 0 Å². The van der Waals surface area contributed by atoms with Gasteiger partial charge in [0.25, 0.3) is 0 Å². The Kier molecular flexibility index (Phi) is 7.42. The van der Waals surface area contributed by atoms with E-state index < -0.39 is 29.5 Å². The zero-order chi connectivity index (χ0) is 20.9. The molecule has 3 nitrogen and oxygen atoms in total. The lowest BCUT2D eigenvalue weighted by molar-refractivity contribution is -0.105. The number of halogens is 5. The summed E-state index contributed by atoms with van der Waals surface area (Å²) in [5.41, 5.74) is 1.10. The molecular formula is C19H18F5NO2S. The molecule has 2 aromatic carbocycles. The molecule has 0 radical (unpaired) electrons. The average Bonchev–Trinajstić information content (AvgIpc) is 2.62. The minimum absolute atomic E-state index is 0.0175. The summed E-state index contributed by atoms with van der Waals surface area (Å²) >= 11 is 0.595. The fourth-order valence-corrected chi connectivity index (χ4v) is 3.31. The number of methoxy groups -OCH3 is 1. The molecule has 0 amide bonds. The normalized spacial score (nSPS) is 11.5. The van der Waals surface area contributed by atoms with E-state index in [0.29, 0.717) is 27.8 Å². The first kappa shape index (κ1) is 22.2. The fourth-order valence-electron chi connectivity index (χ4n) is 2.48. The molecule has 152 valence electrons. The molecule has 0 heterocycles. The highest BCUT2D eigenvalue weighted by Gasteiger charge is 2.27. The van der Waals surface area contributed by atoms with E-state index in [9.17, 15) is 26.7 Å². The summed E-state index contributed by atoms with van der Waals surface area (Å²) in [5.74, 6) is -2.91. The van der Waals surface area contributed by atoms with Crippen molar-refractivity contribution in [1.82, 2.24) is 5.32 Å². The van der Waals surface area contributed by atoms with E-state index in [0.717, 1.165) is 6.07 Å². The van der Waals surface area contributed by atoms with Crippen LogP contribution in [0.1, 0.15) is 27.0 Å². The summed E-state index contributed by atoms with van der Waals surface area (Å²) in [4.78, 5) is 12.1. The fraction of sp³-hybridized carbons (Fsp3) is 0.316. The van der Waals surface area contributed by atoms with Crippen molar-refractivity contribution in [3.63, 3.8) is 0 Å². The molecule has 0 aromatic heterocycles. The van der Waals surface area contributed by atoms with E-state index >= 15 is 0 Å². The van der Waals surface area contributed by atoms with E-state index in [2.05, 4.69) is 10.1 Å². The number of hydrogen-bond donors (Lipinski definition) is 1. The maximum Gasteiger partial charge on any atom is 0.398 e. The number of alkyl halides is 3. The molecule has 1 N–H and O–H groups in total. The smallest absolute Gasteiger partial charge is 0.398 e. The Morgan fingerprint density at radius 3 is 2.43 bits per heavy atom. The minimum atomic E-state index is -4.32. The van der Waals surface area contributed by atoms with Gasteiger partial charge in [0.1, 0.15) is 11.6 Å². The molecule has 0 bridgehead atoms. The second kappa shape index (κ2) is 9.38. The molecule has 0 aliphatic rings. The third-order valence-electron chi connectivity index (χ3n) is 3.84. The van der Waals surface area contributed by atoms with Gasteiger partial charge in [-0.05, 0) is 42.3 Å². The number of ether oxygens (including phenoxy) is 1. The molecule has 0 saturated carbocycles. The molecule has 0 aliphatic heterocycles. The maximum atomic E-state index is 14.2. The Balaban J connectivity index is 2.10. The Hall–Kier alpha value is -2.13. The monoisotopic (exact) mass is 419 g/mol. The van der Waals surface area contributed by atoms with Crippen LogP contribution < -0.4 is 5.32 Å². The summed E-state index contributed by atoms with van der Waals surface area (Å²) < 4.78 is 69.4. The average molecular weight is 419 g/mol. The van der Waals surface area contributed by atoms with Crippen LogP contribution in [-0.2, 0) is 17.8 Å². The van der Waals surface area contributed by atoms with E-state index in [1.807, 2.05) is 0 Å². The van der Waals surface area contributed by atoms with E-state index in [4.69, 9.17) is 0 Å². The van der Waals surface area contributed by atoms with Crippen molar-refractivity contribution in [2.45, 2.75) is 31.1 Å². The van der Waals surface area contributed by atoms with Crippen LogP contribution in [0.5, 0.6) is 0 Å². The molecule has 0 atom stereocenters. The number of carbonyl (C=O) groups excluding carboxylic acids is 1. The van der Waals surface area contributed by atoms with Crippen molar-refractivity contribution in [2.75, 3.05) is 12.9 Å². The number of aryl methyl sites for hydroxylation is 1. The van der Waals surface area contributed by atoms with Crippen molar-refractivity contribution >= 4 is 17.7 Å².